The Morgan fingerprint density at radius 1 is 1.42 bits per heavy atom. The third-order valence-electron chi connectivity index (χ3n) is 5.15. The number of amides is 1. The first-order valence-electron chi connectivity index (χ1n) is 8.09. The highest BCUT2D eigenvalue weighted by molar-refractivity contribution is 5.96. The highest BCUT2D eigenvalue weighted by Gasteiger charge is 2.49. The van der Waals surface area contributed by atoms with Gasteiger partial charge in [0.15, 0.2) is 0 Å². The van der Waals surface area contributed by atoms with Crippen LogP contribution in [-0.4, -0.2) is 25.6 Å². The fourth-order valence-electron chi connectivity index (χ4n) is 3.85. The zero-order valence-electron chi connectivity index (χ0n) is 13.6. The van der Waals surface area contributed by atoms with Gasteiger partial charge in [-0.15, -0.1) is 12.4 Å². The van der Waals surface area contributed by atoms with Crippen molar-refractivity contribution in [3.8, 4) is 5.75 Å². The predicted octanol–water partition coefficient (Wildman–Crippen LogP) is 3.74. The molecule has 1 heterocycles. The Morgan fingerprint density at radius 3 is 2.96 bits per heavy atom. The number of hydrogen-bond acceptors (Lipinski definition) is 3. The molecule has 0 radical (unpaired) electrons. The quantitative estimate of drug-likeness (QED) is 0.860. The van der Waals surface area contributed by atoms with Gasteiger partial charge in [0.1, 0.15) is 5.75 Å². The van der Waals surface area contributed by atoms with Crippen LogP contribution in [0.15, 0.2) is 18.2 Å². The van der Waals surface area contributed by atoms with Crippen LogP contribution in [0.4, 0.5) is 14.5 Å². The van der Waals surface area contributed by atoms with Crippen molar-refractivity contribution in [3.05, 3.63) is 23.8 Å². The molecule has 1 aromatic carbocycles. The second-order valence-corrected chi connectivity index (χ2v) is 6.54. The van der Waals surface area contributed by atoms with E-state index in [-0.39, 0.29) is 29.5 Å². The van der Waals surface area contributed by atoms with Crippen molar-refractivity contribution in [1.82, 2.24) is 5.32 Å². The van der Waals surface area contributed by atoms with E-state index in [1.165, 1.54) is 6.07 Å². The number of benzene rings is 1. The van der Waals surface area contributed by atoms with Crippen molar-refractivity contribution >= 4 is 24.0 Å². The molecule has 1 aliphatic heterocycles. The predicted molar refractivity (Wildman–Crippen MR) is 90.9 cm³/mol. The summed E-state index contributed by atoms with van der Waals surface area (Å²) in [5.74, 6) is 0.442. The fourth-order valence-corrected chi connectivity index (χ4v) is 3.85. The van der Waals surface area contributed by atoms with E-state index in [0.717, 1.165) is 32.2 Å². The van der Waals surface area contributed by atoms with Crippen LogP contribution in [0.2, 0.25) is 0 Å². The van der Waals surface area contributed by atoms with Gasteiger partial charge in [-0.2, -0.15) is 8.78 Å². The van der Waals surface area contributed by atoms with Crippen molar-refractivity contribution in [3.63, 3.8) is 0 Å². The lowest BCUT2D eigenvalue weighted by Gasteiger charge is -2.37. The summed E-state index contributed by atoms with van der Waals surface area (Å²) < 4.78 is 29.4. The molecule has 2 fully saturated rings. The first-order chi connectivity index (χ1) is 11.0. The van der Waals surface area contributed by atoms with Crippen LogP contribution in [0.1, 0.15) is 31.2 Å². The average molecular weight is 361 g/mol. The van der Waals surface area contributed by atoms with Crippen LogP contribution >= 0.6 is 12.4 Å². The van der Waals surface area contributed by atoms with Crippen LogP contribution in [0.3, 0.4) is 0 Å². The van der Waals surface area contributed by atoms with E-state index in [9.17, 15) is 13.6 Å². The molecule has 3 rings (SSSR count). The number of halogens is 3. The number of nitrogens with one attached hydrogen (secondary N) is 2. The van der Waals surface area contributed by atoms with Crippen LogP contribution < -0.4 is 15.4 Å². The van der Waals surface area contributed by atoms with Crippen molar-refractivity contribution < 1.29 is 18.3 Å². The number of aryl methyl sites for hydroxylation is 1. The lowest BCUT2D eigenvalue weighted by atomic mass is 9.67. The van der Waals surface area contributed by atoms with Gasteiger partial charge in [-0.25, -0.2) is 0 Å². The van der Waals surface area contributed by atoms with E-state index >= 15 is 0 Å². The Balaban J connectivity index is 0.00000208. The minimum Gasteiger partial charge on any atom is -0.434 e. The fraction of sp³-hybridized carbons (Fsp3) is 0.588. The van der Waals surface area contributed by atoms with E-state index in [1.54, 1.807) is 19.1 Å². The van der Waals surface area contributed by atoms with Crippen molar-refractivity contribution in [2.75, 3.05) is 18.4 Å². The van der Waals surface area contributed by atoms with Gasteiger partial charge >= 0.3 is 6.61 Å². The maximum atomic E-state index is 12.8. The van der Waals surface area contributed by atoms with E-state index in [2.05, 4.69) is 15.4 Å². The number of fused-ring (bicyclic) bond motifs is 1. The smallest absolute Gasteiger partial charge is 0.387 e. The molecular formula is C17H23ClF2N2O2. The topological polar surface area (TPSA) is 50.4 Å². The summed E-state index contributed by atoms with van der Waals surface area (Å²) in [6.45, 7) is 0.386. The van der Waals surface area contributed by atoms with E-state index in [1.807, 2.05) is 0 Å². The van der Waals surface area contributed by atoms with Crippen LogP contribution in [0.25, 0.3) is 0 Å². The summed E-state index contributed by atoms with van der Waals surface area (Å²) in [6, 6.07) is 4.87. The van der Waals surface area contributed by atoms with Gasteiger partial charge in [-0.05, 0) is 43.9 Å². The first kappa shape index (κ1) is 18.9. The molecule has 7 heteroatoms. The molecule has 0 spiro atoms. The largest absolute Gasteiger partial charge is 0.434 e. The standard InChI is InChI=1S/C17H22F2N2O2.ClH/c1-11-5-6-13(8-14(11)23-16(18)19)21-15(22)17-7-3-2-4-12(17)9-20-10-17;/h5-6,8,12,16,20H,2-4,7,9-10H2,1H3,(H,21,22);1H/t12-,17+;/m0./s1. The SMILES string of the molecule is Cc1ccc(NC(=O)[C@@]23CCCC[C@H]2CNC3)cc1OC(F)F.Cl. The summed E-state index contributed by atoms with van der Waals surface area (Å²) in [6.07, 6.45) is 4.16. The van der Waals surface area contributed by atoms with Crippen LogP contribution in [0.5, 0.6) is 5.75 Å². The molecule has 1 saturated heterocycles. The lowest BCUT2D eigenvalue weighted by Crippen LogP contribution is -2.44. The third-order valence-corrected chi connectivity index (χ3v) is 5.15. The summed E-state index contributed by atoms with van der Waals surface area (Å²) in [7, 11) is 0. The van der Waals surface area contributed by atoms with Crippen molar-refractivity contribution in [2.24, 2.45) is 11.3 Å². The minimum atomic E-state index is -2.87. The van der Waals surface area contributed by atoms with Gasteiger partial charge in [0.25, 0.3) is 0 Å². The first-order valence-corrected chi connectivity index (χ1v) is 8.09. The van der Waals surface area contributed by atoms with Gasteiger partial charge in [0.05, 0.1) is 5.41 Å². The van der Waals surface area contributed by atoms with Gasteiger partial charge < -0.3 is 15.4 Å². The monoisotopic (exact) mass is 360 g/mol. The van der Waals surface area contributed by atoms with Crippen molar-refractivity contribution in [2.45, 2.75) is 39.2 Å². The Morgan fingerprint density at radius 2 is 2.21 bits per heavy atom. The summed E-state index contributed by atoms with van der Waals surface area (Å²) in [5, 5.41) is 6.24. The summed E-state index contributed by atoms with van der Waals surface area (Å²) in [5.41, 5.74) is 0.744. The molecule has 1 aromatic rings. The van der Waals surface area contributed by atoms with Crippen molar-refractivity contribution in [1.29, 1.82) is 0 Å². The molecule has 2 N–H and O–H groups in total. The Labute approximate surface area is 146 Å². The Hall–Kier alpha value is -1.40. The maximum absolute atomic E-state index is 12.8. The molecule has 0 unspecified atom stereocenters. The normalized spacial score (nSPS) is 25.8. The summed E-state index contributed by atoms with van der Waals surface area (Å²) in [4.78, 5) is 12.8. The highest BCUT2D eigenvalue weighted by atomic mass is 35.5. The number of carbonyl (C=O) groups excluding carboxylic acids is 1. The van der Waals surface area contributed by atoms with E-state index < -0.39 is 6.61 Å². The number of hydrogen-bond donors (Lipinski definition) is 2. The minimum absolute atomic E-state index is 0. The molecule has 1 amide bonds. The molecule has 0 aromatic heterocycles. The van der Waals surface area contributed by atoms with Gasteiger partial charge in [-0.1, -0.05) is 18.9 Å². The average Bonchev–Trinajstić information content (AvgIpc) is 2.95. The molecule has 134 valence electrons. The van der Waals surface area contributed by atoms with Crippen LogP contribution in [0, 0.1) is 18.3 Å². The number of alkyl halides is 2. The van der Waals surface area contributed by atoms with E-state index in [0.29, 0.717) is 23.7 Å². The number of ether oxygens (including phenoxy) is 1. The highest BCUT2D eigenvalue weighted by Crippen LogP contribution is 2.44. The van der Waals surface area contributed by atoms with Gasteiger partial charge in [-0.3, -0.25) is 4.79 Å². The Bertz CT molecular complexity index is 600. The molecule has 1 aliphatic carbocycles. The molecule has 2 aliphatic rings. The molecular weight excluding hydrogens is 338 g/mol. The second-order valence-electron chi connectivity index (χ2n) is 6.54. The molecule has 1 saturated carbocycles. The van der Waals surface area contributed by atoms with Crippen LogP contribution in [-0.2, 0) is 4.79 Å². The zero-order chi connectivity index (χ0) is 16.4. The second kappa shape index (κ2) is 7.66. The number of anilines is 1. The van der Waals surface area contributed by atoms with E-state index in [4.69, 9.17) is 0 Å². The summed E-state index contributed by atoms with van der Waals surface area (Å²) >= 11 is 0. The number of carbonyl (C=O) groups is 1. The lowest BCUT2D eigenvalue weighted by molar-refractivity contribution is -0.128. The molecule has 0 bridgehead atoms. The Kier molecular flexibility index (Phi) is 6.04. The molecule has 4 nitrogen and oxygen atoms in total. The van der Waals surface area contributed by atoms with Gasteiger partial charge in [0, 0.05) is 18.3 Å². The van der Waals surface area contributed by atoms with Gasteiger partial charge in [0.2, 0.25) is 5.91 Å². The molecule has 2 atom stereocenters. The molecule has 24 heavy (non-hydrogen) atoms. The third kappa shape index (κ3) is 3.64. The maximum Gasteiger partial charge on any atom is 0.387 e. The zero-order valence-corrected chi connectivity index (χ0v) is 14.4. The number of rotatable bonds is 4.